The topological polar surface area (TPSA) is 39.1 Å². The minimum atomic E-state index is 0.755. The number of imidazole rings is 1. The number of nitrogens with one attached hydrogen (secondary N) is 1. The maximum atomic E-state index is 5.02. The highest BCUT2D eigenvalue weighted by Crippen LogP contribution is 2.09. The number of hydrogen-bond donors (Lipinski definition) is 1. The first-order chi connectivity index (χ1) is 8.81. The van der Waals surface area contributed by atoms with E-state index >= 15 is 0 Å². The average molecular weight is 251 g/mol. The van der Waals surface area contributed by atoms with E-state index in [-0.39, 0.29) is 0 Å². The third kappa shape index (κ3) is 5.02. The summed E-state index contributed by atoms with van der Waals surface area (Å²) < 4.78 is 7.22. The third-order valence-corrected chi connectivity index (χ3v) is 2.85. The van der Waals surface area contributed by atoms with Crippen molar-refractivity contribution in [3.8, 4) is 0 Å². The van der Waals surface area contributed by atoms with Crippen molar-refractivity contribution in [1.29, 1.82) is 0 Å². The Hall–Kier alpha value is -1.13. The van der Waals surface area contributed by atoms with E-state index < -0.39 is 0 Å². The van der Waals surface area contributed by atoms with Crippen molar-refractivity contribution in [3.05, 3.63) is 23.8 Å². The van der Waals surface area contributed by atoms with Gasteiger partial charge in [-0.05, 0) is 18.9 Å². The fourth-order valence-corrected chi connectivity index (χ4v) is 1.79. The van der Waals surface area contributed by atoms with E-state index in [0.717, 1.165) is 39.1 Å². The molecule has 0 saturated carbocycles. The molecule has 1 rings (SSSR count). The zero-order chi connectivity index (χ0) is 13.2. The smallest absolute Gasteiger partial charge is 0.0950 e. The highest BCUT2D eigenvalue weighted by Gasteiger charge is 2.00. The minimum Gasteiger partial charge on any atom is -0.383 e. The van der Waals surface area contributed by atoms with Crippen LogP contribution >= 0.6 is 0 Å². The second-order valence-corrected chi connectivity index (χ2v) is 4.34. The van der Waals surface area contributed by atoms with Crippen molar-refractivity contribution < 1.29 is 4.74 Å². The van der Waals surface area contributed by atoms with Crippen LogP contribution in [0.25, 0.3) is 6.08 Å². The molecule has 1 aromatic heterocycles. The first-order valence-electron chi connectivity index (χ1n) is 6.71. The summed E-state index contributed by atoms with van der Waals surface area (Å²) in [6, 6.07) is 0. The molecule has 1 N–H and O–H groups in total. The molecule has 102 valence electrons. The van der Waals surface area contributed by atoms with Gasteiger partial charge in [-0.15, -0.1) is 0 Å². The van der Waals surface area contributed by atoms with Gasteiger partial charge in [0.15, 0.2) is 0 Å². The van der Waals surface area contributed by atoms with Crippen LogP contribution in [-0.4, -0.2) is 36.4 Å². The van der Waals surface area contributed by atoms with Gasteiger partial charge in [-0.1, -0.05) is 19.4 Å². The molecular weight excluding hydrogens is 226 g/mol. The zero-order valence-corrected chi connectivity index (χ0v) is 11.8. The van der Waals surface area contributed by atoms with Gasteiger partial charge < -0.3 is 14.6 Å². The van der Waals surface area contributed by atoms with Gasteiger partial charge in [0.25, 0.3) is 0 Å². The molecule has 0 radical (unpaired) electrons. The molecule has 4 heteroatoms. The van der Waals surface area contributed by atoms with Crippen LogP contribution in [0, 0.1) is 0 Å². The van der Waals surface area contributed by atoms with Crippen LogP contribution in [0.4, 0.5) is 0 Å². The largest absolute Gasteiger partial charge is 0.383 e. The molecule has 1 heterocycles. The lowest BCUT2D eigenvalue weighted by molar-refractivity contribution is 0.200. The van der Waals surface area contributed by atoms with Gasteiger partial charge in [0.1, 0.15) is 0 Å². The summed E-state index contributed by atoms with van der Waals surface area (Å²) in [6.07, 6.45) is 8.26. The van der Waals surface area contributed by atoms with Crippen LogP contribution in [0.5, 0.6) is 0 Å². The van der Waals surface area contributed by atoms with Crippen molar-refractivity contribution >= 4 is 6.08 Å². The molecule has 0 unspecified atom stereocenters. The van der Waals surface area contributed by atoms with Crippen LogP contribution in [0.2, 0.25) is 0 Å². The predicted molar refractivity (Wildman–Crippen MR) is 75.5 cm³/mol. The van der Waals surface area contributed by atoms with Gasteiger partial charge in [-0.25, -0.2) is 4.98 Å². The first-order valence-corrected chi connectivity index (χ1v) is 6.71. The van der Waals surface area contributed by atoms with Crippen LogP contribution in [0.3, 0.4) is 0 Å². The number of aromatic nitrogens is 2. The second kappa shape index (κ2) is 8.89. The standard InChI is InChI=1S/C14H25N3O/c1-4-7-17-12-16-11-14(17)9-13(5-2)10-15-6-8-18-3/h9,11-12,15H,4-8,10H2,1-3H3. The van der Waals surface area contributed by atoms with Gasteiger partial charge in [-0.2, -0.15) is 0 Å². The Labute approximate surface area is 110 Å². The van der Waals surface area contributed by atoms with Crippen molar-refractivity contribution in [2.45, 2.75) is 33.2 Å². The van der Waals surface area contributed by atoms with E-state index in [0.29, 0.717) is 0 Å². The van der Waals surface area contributed by atoms with E-state index in [9.17, 15) is 0 Å². The number of ether oxygens (including phenoxy) is 1. The quantitative estimate of drug-likeness (QED) is 0.685. The number of aryl methyl sites for hydroxylation is 1. The summed E-state index contributed by atoms with van der Waals surface area (Å²) in [6.45, 7) is 7.95. The Bertz CT molecular complexity index is 358. The third-order valence-electron chi connectivity index (χ3n) is 2.85. The van der Waals surface area contributed by atoms with E-state index in [2.05, 4.69) is 34.8 Å². The molecule has 0 aliphatic rings. The molecule has 0 aromatic carbocycles. The zero-order valence-electron chi connectivity index (χ0n) is 11.8. The fourth-order valence-electron chi connectivity index (χ4n) is 1.79. The molecule has 0 aliphatic heterocycles. The molecule has 18 heavy (non-hydrogen) atoms. The van der Waals surface area contributed by atoms with Crippen LogP contribution in [0.1, 0.15) is 32.4 Å². The van der Waals surface area contributed by atoms with Crippen molar-refractivity contribution in [3.63, 3.8) is 0 Å². The maximum absolute atomic E-state index is 5.02. The average Bonchev–Trinajstić information content (AvgIpc) is 2.81. The van der Waals surface area contributed by atoms with E-state index in [1.165, 1.54) is 11.3 Å². The lowest BCUT2D eigenvalue weighted by atomic mass is 10.1. The van der Waals surface area contributed by atoms with Gasteiger partial charge >= 0.3 is 0 Å². The summed E-state index contributed by atoms with van der Waals surface area (Å²) in [4.78, 5) is 4.22. The predicted octanol–water partition coefficient (Wildman–Crippen LogP) is 2.32. The van der Waals surface area contributed by atoms with Gasteiger partial charge in [-0.3, -0.25) is 0 Å². The van der Waals surface area contributed by atoms with Crippen molar-refractivity contribution in [1.82, 2.24) is 14.9 Å². The molecule has 4 nitrogen and oxygen atoms in total. The Kier molecular flexibility index (Phi) is 7.37. The normalized spacial score (nSPS) is 12.1. The van der Waals surface area contributed by atoms with E-state index in [1.807, 2.05) is 12.5 Å². The number of methoxy groups -OCH3 is 1. The monoisotopic (exact) mass is 251 g/mol. The summed E-state index contributed by atoms with van der Waals surface area (Å²) in [7, 11) is 1.72. The fraction of sp³-hybridized carbons (Fsp3) is 0.643. The summed E-state index contributed by atoms with van der Waals surface area (Å²) in [5.41, 5.74) is 2.59. The maximum Gasteiger partial charge on any atom is 0.0950 e. The molecule has 0 amide bonds. The second-order valence-electron chi connectivity index (χ2n) is 4.34. The number of rotatable bonds is 9. The van der Waals surface area contributed by atoms with Crippen molar-refractivity contribution in [2.24, 2.45) is 0 Å². The Balaban J connectivity index is 2.56. The Morgan fingerprint density at radius 3 is 3.00 bits per heavy atom. The van der Waals surface area contributed by atoms with E-state index in [1.54, 1.807) is 7.11 Å². The first kappa shape index (κ1) is 14.9. The molecule has 0 fully saturated rings. The Morgan fingerprint density at radius 1 is 1.50 bits per heavy atom. The minimum absolute atomic E-state index is 0.755. The molecule has 0 bridgehead atoms. The summed E-state index contributed by atoms with van der Waals surface area (Å²) in [5.74, 6) is 0. The molecule has 0 spiro atoms. The van der Waals surface area contributed by atoms with E-state index in [4.69, 9.17) is 4.74 Å². The van der Waals surface area contributed by atoms with Crippen LogP contribution < -0.4 is 5.32 Å². The number of nitrogens with zero attached hydrogens (tertiary/aromatic N) is 2. The summed E-state index contributed by atoms with van der Waals surface area (Å²) in [5, 5.41) is 3.38. The van der Waals surface area contributed by atoms with Crippen LogP contribution in [0.15, 0.2) is 18.1 Å². The van der Waals surface area contributed by atoms with Gasteiger partial charge in [0, 0.05) is 26.7 Å². The summed E-state index contributed by atoms with van der Waals surface area (Å²) >= 11 is 0. The number of hydrogen-bond acceptors (Lipinski definition) is 3. The molecule has 0 saturated heterocycles. The van der Waals surface area contributed by atoms with Crippen molar-refractivity contribution in [2.75, 3.05) is 26.8 Å². The SMILES string of the molecule is CCCn1cncc1C=C(CC)CNCCOC. The van der Waals surface area contributed by atoms with Gasteiger partial charge in [0.05, 0.1) is 24.8 Å². The van der Waals surface area contributed by atoms with Gasteiger partial charge in [0.2, 0.25) is 0 Å². The highest BCUT2D eigenvalue weighted by molar-refractivity contribution is 5.49. The lowest BCUT2D eigenvalue weighted by Crippen LogP contribution is -2.21. The molecule has 0 aliphatic carbocycles. The molecule has 1 aromatic rings. The van der Waals surface area contributed by atoms with Crippen LogP contribution in [-0.2, 0) is 11.3 Å². The molecular formula is C14H25N3O. The highest BCUT2D eigenvalue weighted by atomic mass is 16.5. The lowest BCUT2D eigenvalue weighted by Gasteiger charge is -2.08. The Morgan fingerprint density at radius 2 is 2.33 bits per heavy atom. The molecule has 0 atom stereocenters.